The lowest BCUT2D eigenvalue weighted by Gasteiger charge is -1.97. The second-order valence-electron chi connectivity index (χ2n) is 5.47. The molecule has 0 aliphatic rings. The summed E-state index contributed by atoms with van der Waals surface area (Å²) >= 11 is 5.99. The molecule has 0 saturated carbocycles. The van der Waals surface area contributed by atoms with E-state index in [1.54, 1.807) is 18.2 Å². The largest absolute Gasteiger partial charge is 0.353 e. The molecule has 2 aromatic carbocycles. The van der Waals surface area contributed by atoms with Crippen LogP contribution >= 0.6 is 11.6 Å². The van der Waals surface area contributed by atoms with Gasteiger partial charge in [0.25, 0.3) is 0 Å². The molecule has 5 nitrogen and oxygen atoms in total. The minimum absolute atomic E-state index is 0.300. The molecular weight excluding hydrogens is 334 g/mol. The number of H-pyrrole nitrogens is 2. The minimum Gasteiger partial charge on any atom is -0.353 e. The summed E-state index contributed by atoms with van der Waals surface area (Å²) in [5.74, 6) is 0. The molecule has 23 heavy (non-hydrogen) atoms. The van der Waals surface area contributed by atoms with E-state index in [0.717, 1.165) is 33.2 Å². The van der Waals surface area contributed by atoms with E-state index in [4.69, 9.17) is 11.6 Å². The number of rotatable bonds is 2. The van der Waals surface area contributed by atoms with Gasteiger partial charge in [-0.2, -0.15) is 5.10 Å². The minimum atomic E-state index is -3.23. The number of hydrogen-bond acceptors (Lipinski definition) is 3. The van der Waals surface area contributed by atoms with Crippen LogP contribution in [0.2, 0.25) is 5.02 Å². The van der Waals surface area contributed by atoms with Gasteiger partial charge in [-0.25, -0.2) is 8.42 Å². The Morgan fingerprint density at radius 1 is 1.04 bits per heavy atom. The van der Waals surface area contributed by atoms with Crippen LogP contribution in [0.3, 0.4) is 0 Å². The van der Waals surface area contributed by atoms with E-state index in [0.29, 0.717) is 9.92 Å². The second-order valence-corrected chi connectivity index (χ2v) is 7.92. The third kappa shape index (κ3) is 2.40. The number of fused-ring (bicyclic) bond motifs is 2. The molecule has 116 valence electrons. The lowest BCUT2D eigenvalue weighted by molar-refractivity contribution is 0.602. The smallest absolute Gasteiger partial charge is 0.175 e. The van der Waals surface area contributed by atoms with Gasteiger partial charge in [-0.1, -0.05) is 11.6 Å². The molecule has 0 fully saturated rings. The highest BCUT2D eigenvalue weighted by molar-refractivity contribution is 7.90. The Kier molecular flexibility index (Phi) is 3.01. The zero-order chi connectivity index (χ0) is 16.2. The quantitative estimate of drug-likeness (QED) is 0.580. The molecule has 0 aliphatic carbocycles. The van der Waals surface area contributed by atoms with E-state index in [9.17, 15) is 8.42 Å². The SMILES string of the molecule is CS(=O)(=O)c1ccc2[nH]c(-c3n[nH]c4cc(Cl)ccc34)cc2c1. The van der Waals surface area contributed by atoms with Gasteiger partial charge in [0.15, 0.2) is 9.84 Å². The van der Waals surface area contributed by atoms with Crippen LogP contribution in [-0.2, 0) is 9.84 Å². The van der Waals surface area contributed by atoms with E-state index in [1.807, 2.05) is 24.3 Å². The molecule has 2 heterocycles. The molecule has 0 atom stereocenters. The average Bonchev–Trinajstić information content (AvgIpc) is 3.07. The van der Waals surface area contributed by atoms with Gasteiger partial charge in [0.05, 0.1) is 16.1 Å². The first-order valence-corrected chi connectivity index (χ1v) is 9.15. The molecule has 0 spiro atoms. The summed E-state index contributed by atoms with van der Waals surface area (Å²) in [6, 6.07) is 12.5. The summed E-state index contributed by atoms with van der Waals surface area (Å²) in [5.41, 5.74) is 3.30. The summed E-state index contributed by atoms with van der Waals surface area (Å²) in [7, 11) is -3.23. The first kappa shape index (κ1) is 14.3. The van der Waals surface area contributed by atoms with Crippen molar-refractivity contribution < 1.29 is 8.42 Å². The number of benzene rings is 2. The molecule has 7 heteroatoms. The van der Waals surface area contributed by atoms with Crippen LogP contribution in [0.25, 0.3) is 33.2 Å². The number of halogens is 1. The summed E-state index contributed by atoms with van der Waals surface area (Å²) in [5, 5.41) is 9.71. The van der Waals surface area contributed by atoms with Gasteiger partial charge in [0, 0.05) is 27.6 Å². The number of hydrogen-bond donors (Lipinski definition) is 2. The zero-order valence-corrected chi connectivity index (χ0v) is 13.7. The van der Waals surface area contributed by atoms with Crippen molar-refractivity contribution in [1.29, 1.82) is 0 Å². The van der Waals surface area contributed by atoms with Gasteiger partial charge in [-0.05, 0) is 42.5 Å². The van der Waals surface area contributed by atoms with Crippen molar-refractivity contribution in [3.05, 3.63) is 47.5 Å². The predicted octanol–water partition coefficient (Wildman–Crippen LogP) is 3.77. The lowest BCUT2D eigenvalue weighted by Crippen LogP contribution is -1.95. The highest BCUT2D eigenvalue weighted by atomic mass is 35.5. The van der Waals surface area contributed by atoms with Gasteiger partial charge in [0.2, 0.25) is 0 Å². The Morgan fingerprint density at radius 3 is 2.65 bits per heavy atom. The van der Waals surface area contributed by atoms with Crippen LogP contribution in [0.4, 0.5) is 0 Å². The summed E-state index contributed by atoms with van der Waals surface area (Å²) < 4.78 is 23.4. The topological polar surface area (TPSA) is 78.6 Å². The van der Waals surface area contributed by atoms with Crippen molar-refractivity contribution in [2.45, 2.75) is 4.90 Å². The summed E-state index contributed by atoms with van der Waals surface area (Å²) in [6.07, 6.45) is 1.20. The van der Waals surface area contributed by atoms with Crippen LogP contribution < -0.4 is 0 Å². The van der Waals surface area contributed by atoms with Crippen LogP contribution in [0.15, 0.2) is 47.4 Å². The van der Waals surface area contributed by atoms with Gasteiger partial charge in [-0.15, -0.1) is 0 Å². The number of aromatic nitrogens is 3. The molecule has 4 aromatic rings. The van der Waals surface area contributed by atoms with Crippen LogP contribution in [-0.4, -0.2) is 29.9 Å². The molecule has 0 bridgehead atoms. The van der Waals surface area contributed by atoms with Gasteiger partial charge < -0.3 is 4.98 Å². The fraction of sp³-hybridized carbons (Fsp3) is 0.0625. The van der Waals surface area contributed by atoms with Crippen LogP contribution in [0.5, 0.6) is 0 Å². The Morgan fingerprint density at radius 2 is 1.87 bits per heavy atom. The molecule has 2 N–H and O–H groups in total. The third-order valence-electron chi connectivity index (χ3n) is 3.80. The molecule has 0 aliphatic heterocycles. The first-order chi connectivity index (χ1) is 10.9. The fourth-order valence-electron chi connectivity index (χ4n) is 2.67. The van der Waals surface area contributed by atoms with Crippen molar-refractivity contribution in [1.82, 2.24) is 15.2 Å². The maximum atomic E-state index is 11.7. The predicted molar refractivity (Wildman–Crippen MR) is 91.5 cm³/mol. The number of aromatic amines is 2. The van der Waals surface area contributed by atoms with Crippen molar-refractivity contribution in [3.8, 4) is 11.4 Å². The molecule has 2 aromatic heterocycles. The highest BCUT2D eigenvalue weighted by Crippen LogP contribution is 2.30. The Bertz CT molecular complexity index is 1160. The number of nitrogens with one attached hydrogen (secondary N) is 2. The highest BCUT2D eigenvalue weighted by Gasteiger charge is 2.13. The number of sulfone groups is 1. The molecule has 0 radical (unpaired) electrons. The molecule has 0 saturated heterocycles. The fourth-order valence-corrected chi connectivity index (χ4v) is 3.49. The molecular formula is C16H12ClN3O2S. The van der Waals surface area contributed by atoms with Gasteiger partial charge in [0.1, 0.15) is 5.69 Å². The molecule has 4 rings (SSSR count). The van der Waals surface area contributed by atoms with Crippen molar-refractivity contribution in [3.63, 3.8) is 0 Å². The molecule has 0 unspecified atom stereocenters. The van der Waals surface area contributed by atoms with Gasteiger partial charge >= 0.3 is 0 Å². The first-order valence-electron chi connectivity index (χ1n) is 6.89. The average molecular weight is 346 g/mol. The summed E-state index contributed by atoms with van der Waals surface area (Å²) in [6.45, 7) is 0. The van der Waals surface area contributed by atoms with Gasteiger partial charge in [-0.3, -0.25) is 5.10 Å². The van der Waals surface area contributed by atoms with E-state index in [2.05, 4.69) is 15.2 Å². The maximum absolute atomic E-state index is 11.7. The second kappa shape index (κ2) is 4.84. The van der Waals surface area contributed by atoms with Crippen LogP contribution in [0.1, 0.15) is 0 Å². The van der Waals surface area contributed by atoms with Crippen molar-refractivity contribution >= 4 is 43.2 Å². The lowest BCUT2D eigenvalue weighted by atomic mass is 10.1. The summed E-state index contributed by atoms with van der Waals surface area (Å²) in [4.78, 5) is 3.57. The Labute approximate surface area is 137 Å². The standard InChI is InChI=1S/C16H12ClN3O2S/c1-23(21,22)11-3-5-13-9(6-11)7-15(18-13)16-12-4-2-10(17)8-14(12)19-20-16/h2-8,18H,1H3,(H,19,20). The van der Waals surface area contributed by atoms with E-state index in [1.165, 1.54) is 6.26 Å². The Hall–Kier alpha value is -2.31. The Balaban J connectivity index is 1.91. The van der Waals surface area contributed by atoms with E-state index < -0.39 is 9.84 Å². The molecule has 0 amide bonds. The monoisotopic (exact) mass is 345 g/mol. The van der Waals surface area contributed by atoms with Crippen molar-refractivity contribution in [2.75, 3.05) is 6.26 Å². The van der Waals surface area contributed by atoms with Crippen molar-refractivity contribution in [2.24, 2.45) is 0 Å². The van der Waals surface area contributed by atoms with E-state index >= 15 is 0 Å². The normalized spacial score (nSPS) is 12.3. The van der Waals surface area contributed by atoms with E-state index in [-0.39, 0.29) is 0 Å². The maximum Gasteiger partial charge on any atom is 0.175 e. The van der Waals surface area contributed by atoms with Crippen LogP contribution in [0, 0.1) is 0 Å². The number of nitrogens with zero attached hydrogens (tertiary/aromatic N) is 1. The third-order valence-corrected chi connectivity index (χ3v) is 5.15. The zero-order valence-electron chi connectivity index (χ0n) is 12.1.